The smallest absolute Gasteiger partial charge is 0.324 e. The van der Waals surface area contributed by atoms with Crippen molar-refractivity contribution < 1.29 is 18.8 Å². The van der Waals surface area contributed by atoms with Crippen LogP contribution in [0.15, 0.2) is 60.7 Å². The summed E-state index contributed by atoms with van der Waals surface area (Å²) in [5, 5.41) is 10.7. The van der Waals surface area contributed by atoms with E-state index in [4.69, 9.17) is 0 Å². The summed E-state index contributed by atoms with van der Waals surface area (Å²) < 4.78 is 14.0. The lowest BCUT2D eigenvalue weighted by molar-refractivity contribution is -0.114. The summed E-state index contributed by atoms with van der Waals surface area (Å²) in [5.41, 5.74) is 0.931. The van der Waals surface area contributed by atoms with Gasteiger partial charge in [-0.3, -0.25) is 14.9 Å². The second-order valence-corrected chi connectivity index (χ2v) is 7.02. The van der Waals surface area contributed by atoms with E-state index in [1.54, 1.807) is 30.3 Å². The number of urea groups is 1. The van der Waals surface area contributed by atoms with Gasteiger partial charge in [-0.05, 0) is 42.5 Å². The molecule has 1 heterocycles. The fourth-order valence-corrected chi connectivity index (χ4v) is 3.21. The maximum absolute atomic E-state index is 14.0. The summed E-state index contributed by atoms with van der Waals surface area (Å²) >= 11 is 1.04. The van der Waals surface area contributed by atoms with Crippen molar-refractivity contribution in [1.29, 1.82) is 0 Å². The van der Waals surface area contributed by atoms with Crippen LogP contribution in [0.1, 0.15) is 16.6 Å². The molecule has 0 aliphatic rings. The Hall–Kier alpha value is -3.72. The van der Waals surface area contributed by atoms with E-state index in [9.17, 15) is 18.8 Å². The Bertz CT molecular complexity index is 1050. The third-order valence-corrected chi connectivity index (χ3v) is 4.63. The number of carbonyl (C=O) groups is 3. The number of amides is 4. The van der Waals surface area contributed by atoms with Crippen molar-refractivity contribution in [2.45, 2.75) is 6.92 Å². The van der Waals surface area contributed by atoms with Crippen molar-refractivity contribution in [2.24, 2.45) is 0 Å². The zero-order chi connectivity index (χ0) is 20.8. The van der Waals surface area contributed by atoms with E-state index < -0.39 is 17.8 Å². The summed E-state index contributed by atoms with van der Waals surface area (Å²) in [6.45, 7) is 1.33. The van der Waals surface area contributed by atoms with Crippen molar-refractivity contribution in [3.63, 3.8) is 0 Å². The number of halogens is 1. The normalized spacial score (nSPS) is 10.1. The maximum atomic E-state index is 14.0. The van der Waals surface area contributed by atoms with Gasteiger partial charge in [0.1, 0.15) is 5.82 Å². The first kappa shape index (κ1) is 20.0. The summed E-state index contributed by atoms with van der Waals surface area (Å²) in [4.78, 5) is 35.8. The third-order valence-electron chi connectivity index (χ3n) is 3.63. The summed E-state index contributed by atoms with van der Waals surface area (Å²) in [6, 6.07) is 15.4. The molecule has 0 atom stereocenters. The number of hydrogen-bond acceptors (Lipinski definition) is 4. The molecule has 2 aromatic carbocycles. The Morgan fingerprint density at radius 1 is 0.828 bits per heavy atom. The Morgan fingerprint density at radius 3 is 2.31 bits per heavy atom. The SMILES string of the molecule is CC(=O)Nc1ccc(F)c(NC(=O)c2ccc(NC(=O)Nc3ccccc3)s2)c1. The van der Waals surface area contributed by atoms with Crippen LogP contribution in [0.2, 0.25) is 0 Å². The van der Waals surface area contributed by atoms with Gasteiger partial charge in [0, 0.05) is 18.3 Å². The first-order valence-corrected chi connectivity index (χ1v) is 9.34. The molecule has 0 aliphatic carbocycles. The highest BCUT2D eigenvalue weighted by Gasteiger charge is 2.14. The average Bonchev–Trinajstić information content (AvgIpc) is 3.13. The van der Waals surface area contributed by atoms with Crippen LogP contribution in [0, 0.1) is 5.82 Å². The molecule has 0 aliphatic heterocycles. The van der Waals surface area contributed by atoms with Crippen LogP contribution in [-0.4, -0.2) is 17.8 Å². The number of rotatable bonds is 5. The van der Waals surface area contributed by atoms with Crippen LogP contribution < -0.4 is 21.3 Å². The minimum atomic E-state index is -0.635. The van der Waals surface area contributed by atoms with E-state index in [0.717, 1.165) is 17.4 Å². The van der Waals surface area contributed by atoms with E-state index in [1.807, 2.05) is 6.07 Å². The van der Waals surface area contributed by atoms with Gasteiger partial charge in [-0.15, -0.1) is 11.3 Å². The van der Waals surface area contributed by atoms with Crippen LogP contribution in [0.4, 0.5) is 31.2 Å². The predicted octanol–water partition coefficient (Wildman–Crippen LogP) is 4.74. The van der Waals surface area contributed by atoms with Crippen LogP contribution in [0.3, 0.4) is 0 Å². The van der Waals surface area contributed by atoms with Gasteiger partial charge >= 0.3 is 6.03 Å². The quantitative estimate of drug-likeness (QED) is 0.487. The zero-order valence-corrected chi connectivity index (χ0v) is 16.1. The number of nitrogens with one attached hydrogen (secondary N) is 4. The van der Waals surface area contributed by atoms with Gasteiger partial charge in [-0.25, -0.2) is 9.18 Å². The maximum Gasteiger partial charge on any atom is 0.324 e. The van der Waals surface area contributed by atoms with E-state index in [1.165, 1.54) is 25.1 Å². The molecule has 3 aromatic rings. The molecule has 0 fully saturated rings. The fourth-order valence-electron chi connectivity index (χ4n) is 2.41. The van der Waals surface area contributed by atoms with E-state index in [2.05, 4.69) is 21.3 Å². The van der Waals surface area contributed by atoms with Crippen LogP contribution in [0.5, 0.6) is 0 Å². The molecule has 148 valence electrons. The average molecular weight is 412 g/mol. The lowest BCUT2D eigenvalue weighted by Crippen LogP contribution is -2.18. The second-order valence-electron chi connectivity index (χ2n) is 5.94. The molecule has 3 rings (SSSR count). The Balaban J connectivity index is 1.63. The molecule has 4 amide bonds. The number of thiophene rings is 1. The molecule has 9 heteroatoms. The lowest BCUT2D eigenvalue weighted by Gasteiger charge is -2.08. The highest BCUT2D eigenvalue weighted by Crippen LogP contribution is 2.25. The first-order valence-electron chi connectivity index (χ1n) is 8.52. The molecule has 0 spiro atoms. The molecule has 29 heavy (non-hydrogen) atoms. The van der Waals surface area contributed by atoms with Crippen molar-refractivity contribution >= 4 is 51.2 Å². The second kappa shape index (κ2) is 8.98. The molecule has 1 aromatic heterocycles. The minimum Gasteiger partial charge on any atom is -0.326 e. The molecule has 0 bridgehead atoms. The minimum absolute atomic E-state index is 0.0639. The lowest BCUT2D eigenvalue weighted by atomic mass is 10.2. The number of hydrogen-bond donors (Lipinski definition) is 4. The Morgan fingerprint density at radius 2 is 1.59 bits per heavy atom. The molecule has 7 nitrogen and oxygen atoms in total. The van der Waals surface area contributed by atoms with E-state index >= 15 is 0 Å². The first-order chi connectivity index (χ1) is 13.9. The van der Waals surface area contributed by atoms with Crippen LogP contribution >= 0.6 is 11.3 Å². The van der Waals surface area contributed by atoms with Crippen molar-refractivity contribution in [1.82, 2.24) is 0 Å². The van der Waals surface area contributed by atoms with Crippen LogP contribution in [-0.2, 0) is 4.79 Å². The van der Waals surface area contributed by atoms with Gasteiger partial charge in [-0.2, -0.15) is 0 Å². The standard InChI is InChI=1S/C20H17FN4O3S/c1-12(26)22-14-7-8-15(21)16(11-14)24-19(27)17-9-10-18(29-17)25-20(28)23-13-5-3-2-4-6-13/h2-11H,1H3,(H,22,26)(H,24,27)(H2,23,25,28). The highest BCUT2D eigenvalue weighted by atomic mass is 32.1. The van der Waals surface area contributed by atoms with Gasteiger partial charge in [0.25, 0.3) is 5.91 Å². The number of benzene rings is 2. The molecule has 0 radical (unpaired) electrons. The molecule has 0 saturated carbocycles. The number of anilines is 4. The molecular weight excluding hydrogens is 395 g/mol. The number of para-hydroxylation sites is 1. The molecule has 0 unspecified atom stereocenters. The topological polar surface area (TPSA) is 99.3 Å². The van der Waals surface area contributed by atoms with Gasteiger partial charge in [0.2, 0.25) is 5.91 Å². The van der Waals surface area contributed by atoms with E-state index in [0.29, 0.717) is 16.4 Å². The largest absolute Gasteiger partial charge is 0.326 e. The summed E-state index contributed by atoms with van der Waals surface area (Å²) in [5.74, 6) is -1.48. The zero-order valence-electron chi connectivity index (χ0n) is 15.3. The van der Waals surface area contributed by atoms with Crippen LogP contribution in [0.25, 0.3) is 0 Å². The van der Waals surface area contributed by atoms with Gasteiger partial charge in [0.05, 0.1) is 15.6 Å². The van der Waals surface area contributed by atoms with Gasteiger partial charge in [-0.1, -0.05) is 18.2 Å². The van der Waals surface area contributed by atoms with E-state index in [-0.39, 0.29) is 16.5 Å². The monoisotopic (exact) mass is 412 g/mol. The molecule has 0 saturated heterocycles. The third kappa shape index (κ3) is 5.63. The highest BCUT2D eigenvalue weighted by molar-refractivity contribution is 7.18. The van der Waals surface area contributed by atoms with Crippen molar-refractivity contribution in [2.75, 3.05) is 21.3 Å². The predicted molar refractivity (Wildman–Crippen MR) is 112 cm³/mol. The Labute approximate surface area is 169 Å². The molecular formula is C20H17FN4O3S. The van der Waals surface area contributed by atoms with Gasteiger partial charge < -0.3 is 16.0 Å². The van der Waals surface area contributed by atoms with Gasteiger partial charge in [0.15, 0.2) is 0 Å². The number of carbonyl (C=O) groups excluding carboxylic acids is 3. The van der Waals surface area contributed by atoms with Crippen molar-refractivity contribution in [3.05, 3.63) is 71.4 Å². The summed E-state index contributed by atoms with van der Waals surface area (Å²) in [7, 11) is 0. The van der Waals surface area contributed by atoms with Crippen molar-refractivity contribution in [3.8, 4) is 0 Å². The fraction of sp³-hybridized carbons (Fsp3) is 0.0500. The summed E-state index contributed by atoms with van der Waals surface area (Å²) in [6.07, 6.45) is 0. The molecule has 4 N–H and O–H groups in total. The Kier molecular flexibility index (Phi) is 6.20.